The summed E-state index contributed by atoms with van der Waals surface area (Å²) in [5.41, 5.74) is 3.72. The van der Waals surface area contributed by atoms with E-state index in [-0.39, 0.29) is 24.3 Å². The minimum Gasteiger partial charge on any atom is -0.491 e. The largest absolute Gasteiger partial charge is 0.491 e. The van der Waals surface area contributed by atoms with E-state index in [0.717, 1.165) is 28.3 Å². The zero-order valence-corrected chi connectivity index (χ0v) is 16.7. The summed E-state index contributed by atoms with van der Waals surface area (Å²) in [4.78, 5) is 25.9. The minimum atomic E-state index is -0.119. The lowest BCUT2D eigenvalue weighted by molar-refractivity contribution is -0.117. The van der Waals surface area contributed by atoms with Crippen LogP contribution < -0.4 is 15.0 Å². The highest BCUT2D eigenvalue weighted by atomic mass is 16.5. The molecular formula is C22H28N2O3. The van der Waals surface area contributed by atoms with Crippen molar-refractivity contribution < 1.29 is 14.3 Å². The maximum Gasteiger partial charge on any atom is 0.226 e. The quantitative estimate of drug-likeness (QED) is 0.784. The first-order valence-corrected chi connectivity index (χ1v) is 9.17. The van der Waals surface area contributed by atoms with Crippen LogP contribution in [0, 0.1) is 13.8 Å². The standard InChI is InChI=1S/C22H28N2O3/c1-15(2)27-21-8-6-20(7-9-21)24(18(5)25)11-10-22(26)23-19-13-16(3)12-17(4)14-19/h6-9,12-15H,10-11H2,1-5H3,(H,23,26). The molecule has 2 rings (SSSR count). The zero-order valence-electron chi connectivity index (χ0n) is 16.7. The van der Waals surface area contributed by atoms with E-state index in [2.05, 4.69) is 11.4 Å². The summed E-state index contributed by atoms with van der Waals surface area (Å²) in [6.45, 7) is 9.73. The van der Waals surface area contributed by atoms with Gasteiger partial charge in [0.1, 0.15) is 5.75 Å². The third-order valence-corrected chi connectivity index (χ3v) is 3.97. The number of aryl methyl sites for hydroxylation is 2. The van der Waals surface area contributed by atoms with Crippen molar-refractivity contribution >= 4 is 23.2 Å². The predicted molar refractivity (Wildman–Crippen MR) is 109 cm³/mol. The molecule has 0 fully saturated rings. The Morgan fingerprint density at radius 1 is 1.04 bits per heavy atom. The van der Waals surface area contributed by atoms with E-state index in [4.69, 9.17) is 4.74 Å². The zero-order chi connectivity index (χ0) is 20.0. The number of amides is 2. The summed E-state index contributed by atoms with van der Waals surface area (Å²) in [6, 6.07) is 13.3. The van der Waals surface area contributed by atoms with Gasteiger partial charge in [-0.25, -0.2) is 0 Å². The van der Waals surface area contributed by atoms with E-state index < -0.39 is 0 Å². The first kappa shape index (κ1) is 20.5. The van der Waals surface area contributed by atoms with E-state index >= 15 is 0 Å². The van der Waals surface area contributed by atoms with Gasteiger partial charge in [0.2, 0.25) is 11.8 Å². The minimum absolute atomic E-state index is 0.0914. The molecule has 0 heterocycles. The van der Waals surface area contributed by atoms with E-state index in [1.165, 1.54) is 6.92 Å². The Morgan fingerprint density at radius 2 is 1.63 bits per heavy atom. The first-order chi connectivity index (χ1) is 12.7. The number of carbonyl (C=O) groups excluding carboxylic acids is 2. The van der Waals surface area contributed by atoms with Gasteiger partial charge in [0.05, 0.1) is 6.10 Å². The summed E-state index contributed by atoms with van der Waals surface area (Å²) >= 11 is 0. The van der Waals surface area contributed by atoms with Crippen molar-refractivity contribution in [3.05, 3.63) is 53.6 Å². The van der Waals surface area contributed by atoms with Crippen molar-refractivity contribution in [3.8, 4) is 5.75 Å². The topological polar surface area (TPSA) is 58.6 Å². The molecule has 0 spiro atoms. The smallest absolute Gasteiger partial charge is 0.226 e. The van der Waals surface area contributed by atoms with Crippen LogP contribution in [0.4, 0.5) is 11.4 Å². The molecule has 0 aliphatic rings. The normalized spacial score (nSPS) is 10.6. The van der Waals surface area contributed by atoms with Gasteiger partial charge >= 0.3 is 0 Å². The number of nitrogens with zero attached hydrogens (tertiary/aromatic N) is 1. The fourth-order valence-electron chi connectivity index (χ4n) is 2.93. The maximum atomic E-state index is 12.3. The summed E-state index contributed by atoms with van der Waals surface area (Å²) < 4.78 is 5.63. The highest BCUT2D eigenvalue weighted by molar-refractivity contribution is 5.94. The van der Waals surface area contributed by atoms with Crippen LogP contribution >= 0.6 is 0 Å². The molecule has 5 heteroatoms. The summed E-state index contributed by atoms with van der Waals surface area (Å²) in [5.74, 6) is 0.530. The molecule has 0 saturated carbocycles. The van der Waals surface area contributed by atoms with Crippen molar-refractivity contribution in [2.75, 3.05) is 16.8 Å². The molecule has 2 aromatic carbocycles. The molecule has 144 valence electrons. The van der Waals surface area contributed by atoms with Gasteiger partial charge in [-0.05, 0) is 75.2 Å². The molecule has 0 aromatic heterocycles. The van der Waals surface area contributed by atoms with Crippen LogP contribution in [-0.2, 0) is 9.59 Å². The van der Waals surface area contributed by atoms with Crippen molar-refractivity contribution in [1.29, 1.82) is 0 Å². The van der Waals surface area contributed by atoms with Crippen molar-refractivity contribution in [2.24, 2.45) is 0 Å². The molecule has 0 aliphatic heterocycles. The van der Waals surface area contributed by atoms with Gasteiger partial charge in [0.25, 0.3) is 0 Å². The average Bonchev–Trinajstić information content (AvgIpc) is 2.54. The number of ether oxygens (including phenoxy) is 1. The van der Waals surface area contributed by atoms with E-state index in [9.17, 15) is 9.59 Å². The molecule has 0 bridgehead atoms. The Morgan fingerprint density at radius 3 is 2.15 bits per heavy atom. The van der Waals surface area contributed by atoms with Crippen molar-refractivity contribution in [1.82, 2.24) is 0 Å². The lowest BCUT2D eigenvalue weighted by Gasteiger charge is -2.21. The summed E-state index contributed by atoms with van der Waals surface area (Å²) in [6.07, 6.45) is 0.310. The Bertz CT molecular complexity index is 777. The van der Waals surface area contributed by atoms with Gasteiger partial charge < -0.3 is 15.0 Å². The van der Waals surface area contributed by atoms with Crippen LogP contribution in [0.15, 0.2) is 42.5 Å². The molecule has 1 N–H and O–H groups in total. The Labute approximate surface area is 161 Å². The SMILES string of the molecule is CC(=O)N(CCC(=O)Nc1cc(C)cc(C)c1)c1ccc(OC(C)C)cc1. The molecule has 0 unspecified atom stereocenters. The Balaban J connectivity index is 1.99. The Hall–Kier alpha value is -2.82. The first-order valence-electron chi connectivity index (χ1n) is 9.17. The molecule has 27 heavy (non-hydrogen) atoms. The van der Waals surface area contributed by atoms with Crippen LogP contribution in [0.3, 0.4) is 0 Å². The average molecular weight is 368 g/mol. The van der Waals surface area contributed by atoms with Gasteiger partial charge in [-0.3, -0.25) is 9.59 Å². The summed E-state index contributed by atoms with van der Waals surface area (Å²) in [5, 5.41) is 2.90. The lowest BCUT2D eigenvalue weighted by Crippen LogP contribution is -2.31. The number of nitrogens with one attached hydrogen (secondary N) is 1. The molecule has 2 aromatic rings. The second kappa shape index (κ2) is 9.21. The number of hydrogen-bond acceptors (Lipinski definition) is 3. The molecule has 0 aliphatic carbocycles. The number of benzene rings is 2. The summed E-state index contributed by atoms with van der Waals surface area (Å²) in [7, 11) is 0. The molecular weight excluding hydrogens is 340 g/mol. The monoisotopic (exact) mass is 368 g/mol. The van der Waals surface area contributed by atoms with E-state index in [0.29, 0.717) is 6.54 Å². The third kappa shape index (κ3) is 6.44. The number of rotatable bonds is 7. The highest BCUT2D eigenvalue weighted by Crippen LogP contribution is 2.21. The van der Waals surface area contributed by atoms with Gasteiger partial charge in [-0.2, -0.15) is 0 Å². The molecule has 0 radical (unpaired) electrons. The van der Waals surface area contributed by atoms with Crippen LogP contribution in [0.1, 0.15) is 38.3 Å². The fourth-order valence-corrected chi connectivity index (χ4v) is 2.93. The van der Waals surface area contributed by atoms with Crippen LogP contribution in [-0.4, -0.2) is 24.5 Å². The molecule has 2 amide bonds. The van der Waals surface area contributed by atoms with Crippen LogP contribution in [0.2, 0.25) is 0 Å². The third-order valence-electron chi connectivity index (χ3n) is 3.97. The van der Waals surface area contributed by atoms with Gasteiger partial charge in [0, 0.05) is 31.3 Å². The maximum absolute atomic E-state index is 12.3. The van der Waals surface area contributed by atoms with Crippen LogP contribution in [0.25, 0.3) is 0 Å². The van der Waals surface area contributed by atoms with Gasteiger partial charge in [0.15, 0.2) is 0 Å². The fraction of sp³-hybridized carbons (Fsp3) is 0.364. The second-order valence-electron chi connectivity index (χ2n) is 7.01. The lowest BCUT2D eigenvalue weighted by atomic mass is 10.1. The molecule has 0 atom stereocenters. The van der Waals surface area contributed by atoms with Crippen molar-refractivity contribution in [2.45, 2.75) is 47.1 Å². The van der Waals surface area contributed by atoms with E-state index in [1.807, 2.05) is 64.1 Å². The molecule has 5 nitrogen and oxygen atoms in total. The predicted octanol–water partition coefficient (Wildman–Crippen LogP) is 4.47. The van der Waals surface area contributed by atoms with Crippen LogP contribution in [0.5, 0.6) is 5.75 Å². The number of carbonyl (C=O) groups is 2. The molecule has 0 saturated heterocycles. The van der Waals surface area contributed by atoms with Gasteiger partial charge in [-0.15, -0.1) is 0 Å². The number of hydrogen-bond donors (Lipinski definition) is 1. The Kier molecular flexibility index (Phi) is 6.99. The number of anilines is 2. The second-order valence-corrected chi connectivity index (χ2v) is 7.01. The van der Waals surface area contributed by atoms with E-state index in [1.54, 1.807) is 4.90 Å². The van der Waals surface area contributed by atoms with Crippen molar-refractivity contribution in [3.63, 3.8) is 0 Å². The highest BCUT2D eigenvalue weighted by Gasteiger charge is 2.14. The van der Waals surface area contributed by atoms with Gasteiger partial charge in [-0.1, -0.05) is 6.07 Å².